The third-order valence-corrected chi connectivity index (χ3v) is 4.45. The molecule has 6 nitrogen and oxygen atoms in total. The van der Waals surface area contributed by atoms with Crippen LogP contribution in [0.25, 0.3) is 0 Å². The Labute approximate surface area is 146 Å². The molecule has 1 fully saturated rings. The van der Waals surface area contributed by atoms with Crippen molar-refractivity contribution in [1.82, 2.24) is 19.8 Å². The summed E-state index contributed by atoms with van der Waals surface area (Å²) >= 11 is 6.08. The molecule has 2 heterocycles. The highest BCUT2D eigenvalue weighted by atomic mass is 35.5. The summed E-state index contributed by atoms with van der Waals surface area (Å²) in [6.45, 7) is 4.96. The molecule has 128 valence electrons. The number of carbonyl (C=O) groups excluding carboxylic acids is 1. The molecule has 7 heteroatoms. The number of hydrogen-bond acceptors (Lipinski definition) is 4. The lowest BCUT2D eigenvalue weighted by atomic mass is 10.3. The Hall–Kier alpha value is -1.89. The van der Waals surface area contributed by atoms with Gasteiger partial charge < -0.3 is 10.3 Å². The number of amides is 1. The van der Waals surface area contributed by atoms with E-state index < -0.39 is 0 Å². The first-order chi connectivity index (χ1) is 11.7. The third-order valence-electron chi connectivity index (χ3n) is 4.12. The molecule has 0 aliphatic carbocycles. The second-order valence-corrected chi connectivity index (χ2v) is 6.38. The number of anilines is 1. The van der Waals surface area contributed by atoms with Crippen LogP contribution < -0.4 is 5.32 Å². The van der Waals surface area contributed by atoms with Gasteiger partial charge in [0.05, 0.1) is 23.8 Å². The molecule has 0 bridgehead atoms. The standard InChI is InChI=1S/C17H22ClN5O/c18-14-4-1-2-5-15(14)21-17(24)13-23-9-3-8-22(10-11-23)12-16-19-6-7-20-16/h1-2,4-7H,3,8-13H2,(H,19,20)(H,21,24). The van der Waals surface area contributed by atoms with Gasteiger partial charge in [-0.2, -0.15) is 0 Å². The Kier molecular flexibility index (Phi) is 5.85. The second-order valence-electron chi connectivity index (χ2n) is 5.97. The smallest absolute Gasteiger partial charge is 0.238 e. The van der Waals surface area contributed by atoms with Crippen molar-refractivity contribution in [3.63, 3.8) is 0 Å². The van der Waals surface area contributed by atoms with Crippen LogP contribution in [0.3, 0.4) is 0 Å². The number of nitrogens with zero attached hydrogens (tertiary/aromatic N) is 3. The maximum atomic E-state index is 12.2. The highest BCUT2D eigenvalue weighted by Crippen LogP contribution is 2.20. The Balaban J connectivity index is 1.47. The van der Waals surface area contributed by atoms with Crippen LogP contribution in [0.1, 0.15) is 12.2 Å². The molecule has 1 aromatic carbocycles. The van der Waals surface area contributed by atoms with E-state index >= 15 is 0 Å². The third kappa shape index (κ3) is 4.80. The fraction of sp³-hybridized carbons (Fsp3) is 0.412. The molecule has 1 amide bonds. The normalized spacial score (nSPS) is 16.7. The van der Waals surface area contributed by atoms with Gasteiger partial charge in [-0.1, -0.05) is 23.7 Å². The highest BCUT2D eigenvalue weighted by molar-refractivity contribution is 6.33. The zero-order valence-electron chi connectivity index (χ0n) is 13.5. The van der Waals surface area contributed by atoms with Crippen molar-refractivity contribution in [2.24, 2.45) is 0 Å². The van der Waals surface area contributed by atoms with E-state index in [0.717, 1.165) is 45.0 Å². The first-order valence-corrected chi connectivity index (χ1v) is 8.56. The Morgan fingerprint density at radius 2 is 2.00 bits per heavy atom. The number of halogens is 1. The SMILES string of the molecule is O=C(CN1CCCN(Cc2ncc[nH]2)CC1)Nc1ccccc1Cl. The van der Waals surface area contributed by atoms with Crippen LogP contribution in [0.2, 0.25) is 5.02 Å². The van der Waals surface area contributed by atoms with Crippen molar-refractivity contribution in [3.8, 4) is 0 Å². The number of aromatic nitrogens is 2. The molecule has 2 aromatic rings. The number of carbonyl (C=O) groups is 1. The molecule has 1 aromatic heterocycles. The largest absolute Gasteiger partial charge is 0.348 e. The van der Waals surface area contributed by atoms with E-state index in [0.29, 0.717) is 17.3 Å². The number of benzene rings is 1. The lowest BCUT2D eigenvalue weighted by molar-refractivity contribution is -0.117. The number of aromatic amines is 1. The van der Waals surface area contributed by atoms with Gasteiger partial charge in [-0.05, 0) is 31.6 Å². The number of H-pyrrole nitrogens is 1. The summed E-state index contributed by atoms with van der Waals surface area (Å²) < 4.78 is 0. The van der Waals surface area contributed by atoms with Gasteiger partial charge in [0.25, 0.3) is 0 Å². The maximum Gasteiger partial charge on any atom is 0.238 e. The predicted molar refractivity (Wildman–Crippen MR) is 95.0 cm³/mol. The number of rotatable bonds is 5. The molecule has 1 aliphatic heterocycles. The predicted octanol–water partition coefficient (Wildman–Crippen LogP) is 2.21. The van der Waals surface area contributed by atoms with E-state index in [4.69, 9.17) is 11.6 Å². The van der Waals surface area contributed by atoms with Gasteiger partial charge in [0, 0.05) is 25.5 Å². The van der Waals surface area contributed by atoms with Crippen LogP contribution in [0.4, 0.5) is 5.69 Å². The van der Waals surface area contributed by atoms with E-state index in [1.807, 2.05) is 24.4 Å². The Morgan fingerprint density at radius 1 is 1.21 bits per heavy atom. The molecule has 1 saturated heterocycles. The van der Waals surface area contributed by atoms with Crippen molar-refractivity contribution < 1.29 is 4.79 Å². The Bertz CT molecular complexity index is 661. The Morgan fingerprint density at radius 3 is 2.79 bits per heavy atom. The molecule has 0 spiro atoms. The van der Waals surface area contributed by atoms with Crippen LogP contribution >= 0.6 is 11.6 Å². The quantitative estimate of drug-likeness (QED) is 0.870. The number of nitrogens with one attached hydrogen (secondary N) is 2. The molecule has 3 rings (SSSR count). The topological polar surface area (TPSA) is 64.3 Å². The van der Waals surface area contributed by atoms with Crippen LogP contribution in [-0.4, -0.2) is 58.4 Å². The number of para-hydroxylation sites is 1. The summed E-state index contributed by atoms with van der Waals surface area (Å²) in [6.07, 6.45) is 4.66. The summed E-state index contributed by atoms with van der Waals surface area (Å²) in [7, 11) is 0. The monoisotopic (exact) mass is 347 g/mol. The average molecular weight is 348 g/mol. The van der Waals surface area contributed by atoms with Gasteiger partial charge in [-0.25, -0.2) is 4.98 Å². The molecule has 24 heavy (non-hydrogen) atoms. The zero-order chi connectivity index (χ0) is 16.8. The first kappa shape index (κ1) is 17.0. The molecule has 0 unspecified atom stereocenters. The fourth-order valence-corrected chi connectivity index (χ4v) is 3.08. The van der Waals surface area contributed by atoms with Gasteiger partial charge in [-0.15, -0.1) is 0 Å². The van der Waals surface area contributed by atoms with Crippen molar-refractivity contribution in [2.45, 2.75) is 13.0 Å². The van der Waals surface area contributed by atoms with Crippen LogP contribution in [-0.2, 0) is 11.3 Å². The lowest BCUT2D eigenvalue weighted by Crippen LogP contribution is -2.36. The highest BCUT2D eigenvalue weighted by Gasteiger charge is 2.18. The van der Waals surface area contributed by atoms with Crippen molar-refractivity contribution in [2.75, 3.05) is 38.0 Å². The molecule has 2 N–H and O–H groups in total. The zero-order valence-corrected chi connectivity index (χ0v) is 14.3. The molecule has 1 aliphatic rings. The number of hydrogen-bond donors (Lipinski definition) is 2. The molecule has 0 saturated carbocycles. The molecule has 0 radical (unpaired) electrons. The second kappa shape index (κ2) is 8.28. The van der Waals surface area contributed by atoms with Gasteiger partial charge in [0.1, 0.15) is 5.82 Å². The van der Waals surface area contributed by atoms with Gasteiger partial charge in [-0.3, -0.25) is 14.6 Å². The van der Waals surface area contributed by atoms with E-state index in [-0.39, 0.29) is 5.91 Å². The first-order valence-electron chi connectivity index (χ1n) is 8.18. The number of imidazole rings is 1. The van der Waals surface area contributed by atoms with Crippen molar-refractivity contribution >= 4 is 23.2 Å². The maximum absolute atomic E-state index is 12.2. The fourth-order valence-electron chi connectivity index (χ4n) is 2.89. The molecule has 0 atom stereocenters. The van der Waals surface area contributed by atoms with E-state index in [1.165, 1.54) is 0 Å². The average Bonchev–Trinajstić information content (AvgIpc) is 2.97. The summed E-state index contributed by atoms with van der Waals surface area (Å²) in [6, 6.07) is 7.30. The summed E-state index contributed by atoms with van der Waals surface area (Å²) in [5.41, 5.74) is 0.665. The van der Waals surface area contributed by atoms with Crippen molar-refractivity contribution in [3.05, 3.63) is 47.5 Å². The minimum absolute atomic E-state index is 0.0254. The van der Waals surface area contributed by atoms with E-state index in [1.54, 1.807) is 12.3 Å². The van der Waals surface area contributed by atoms with Crippen LogP contribution in [0.15, 0.2) is 36.7 Å². The minimum Gasteiger partial charge on any atom is -0.348 e. The van der Waals surface area contributed by atoms with E-state index in [9.17, 15) is 4.79 Å². The van der Waals surface area contributed by atoms with Gasteiger partial charge in [0.2, 0.25) is 5.91 Å². The van der Waals surface area contributed by atoms with E-state index in [2.05, 4.69) is 25.1 Å². The summed E-state index contributed by atoms with van der Waals surface area (Å²) in [4.78, 5) is 24.2. The lowest BCUT2D eigenvalue weighted by Gasteiger charge is -2.21. The minimum atomic E-state index is -0.0254. The van der Waals surface area contributed by atoms with Crippen molar-refractivity contribution in [1.29, 1.82) is 0 Å². The summed E-state index contributed by atoms with van der Waals surface area (Å²) in [5.74, 6) is 0.961. The van der Waals surface area contributed by atoms with Gasteiger partial charge in [0.15, 0.2) is 0 Å². The molecular weight excluding hydrogens is 326 g/mol. The van der Waals surface area contributed by atoms with Crippen LogP contribution in [0.5, 0.6) is 0 Å². The summed E-state index contributed by atoms with van der Waals surface area (Å²) in [5, 5.41) is 3.45. The molecular formula is C17H22ClN5O. The van der Waals surface area contributed by atoms with Crippen LogP contribution in [0, 0.1) is 0 Å². The van der Waals surface area contributed by atoms with Gasteiger partial charge >= 0.3 is 0 Å².